The van der Waals surface area contributed by atoms with Crippen LogP contribution in [0.15, 0.2) is 12.5 Å². The third-order valence-electron chi connectivity index (χ3n) is 2.22. The Morgan fingerprint density at radius 3 is 2.63 bits per heavy atom. The summed E-state index contributed by atoms with van der Waals surface area (Å²) in [6.45, 7) is 0.271. The zero-order valence-electron chi connectivity index (χ0n) is 9.92. The van der Waals surface area contributed by atoms with Crippen molar-refractivity contribution in [2.75, 3.05) is 6.54 Å². The van der Waals surface area contributed by atoms with E-state index in [-0.39, 0.29) is 6.54 Å². The van der Waals surface area contributed by atoms with E-state index in [0.717, 1.165) is 5.69 Å². The predicted molar refractivity (Wildman–Crippen MR) is 62.5 cm³/mol. The van der Waals surface area contributed by atoms with Crippen molar-refractivity contribution in [1.82, 2.24) is 20.6 Å². The predicted octanol–water partition coefficient (Wildman–Crippen LogP) is -0.821. The molecule has 1 aromatic heterocycles. The molecule has 104 valence electrons. The van der Waals surface area contributed by atoms with Gasteiger partial charge in [-0.15, -0.1) is 0 Å². The number of aliphatic carboxylic acids is 2. The molecule has 0 saturated heterocycles. The minimum absolute atomic E-state index is 0.271. The molecule has 0 aliphatic carbocycles. The van der Waals surface area contributed by atoms with E-state index in [1.165, 1.54) is 6.33 Å². The molecule has 0 unspecified atom stereocenters. The topological polar surface area (TPSA) is 144 Å². The molecule has 19 heavy (non-hydrogen) atoms. The molecule has 0 radical (unpaired) electrons. The van der Waals surface area contributed by atoms with Crippen LogP contribution in [-0.4, -0.2) is 50.7 Å². The van der Waals surface area contributed by atoms with Gasteiger partial charge < -0.3 is 25.8 Å². The van der Waals surface area contributed by atoms with Gasteiger partial charge in [-0.2, -0.15) is 0 Å². The molecule has 0 spiro atoms. The lowest BCUT2D eigenvalue weighted by atomic mass is 10.2. The van der Waals surface area contributed by atoms with E-state index in [9.17, 15) is 14.4 Å². The van der Waals surface area contributed by atoms with E-state index in [4.69, 9.17) is 10.2 Å². The number of imidazole rings is 1. The number of rotatable bonds is 7. The molecule has 0 aliphatic rings. The summed E-state index contributed by atoms with van der Waals surface area (Å²) < 4.78 is 0. The molecule has 1 atom stereocenters. The molecule has 5 N–H and O–H groups in total. The summed E-state index contributed by atoms with van der Waals surface area (Å²) in [5.41, 5.74) is 0.820. The number of hydrogen-bond acceptors (Lipinski definition) is 4. The Bertz CT molecular complexity index is 445. The standard InChI is InChI=1S/C10H14N4O5/c15-8(16)3-7(9(17)18)14-10(19)12-2-1-6-4-11-5-13-6/h4-5,7H,1-3H2,(H,11,13)(H,15,16)(H,17,18)(H2,12,14,19)/t7-/m0/s1. The van der Waals surface area contributed by atoms with Crippen LogP contribution in [0.2, 0.25) is 0 Å². The van der Waals surface area contributed by atoms with Crippen molar-refractivity contribution in [3.05, 3.63) is 18.2 Å². The van der Waals surface area contributed by atoms with Crippen molar-refractivity contribution in [2.45, 2.75) is 18.9 Å². The SMILES string of the molecule is O=C(O)C[C@H](NC(=O)NCCc1cnc[nH]1)C(=O)O. The van der Waals surface area contributed by atoms with E-state index >= 15 is 0 Å². The molecule has 0 bridgehead atoms. The minimum atomic E-state index is -1.45. The van der Waals surface area contributed by atoms with Crippen molar-refractivity contribution < 1.29 is 24.6 Å². The smallest absolute Gasteiger partial charge is 0.326 e. The first kappa shape index (κ1) is 14.5. The van der Waals surface area contributed by atoms with Gasteiger partial charge in [0.05, 0.1) is 12.7 Å². The van der Waals surface area contributed by atoms with Crippen molar-refractivity contribution in [1.29, 1.82) is 0 Å². The number of carbonyl (C=O) groups is 3. The van der Waals surface area contributed by atoms with Crippen molar-refractivity contribution in [2.24, 2.45) is 0 Å². The molecule has 1 heterocycles. The van der Waals surface area contributed by atoms with Crippen LogP contribution in [0.4, 0.5) is 4.79 Å². The lowest BCUT2D eigenvalue weighted by Crippen LogP contribution is -2.47. The highest BCUT2D eigenvalue weighted by Crippen LogP contribution is 1.93. The third-order valence-corrected chi connectivity index (χ3v) is 2.22. The highest BCUT2D eigenvalue weighted by atomic mass is 16.4. The quantitative estimate of drug-likeness (QED) is 0.437. The fourth-order valence-electron chi connectivity index (χ4n) is 1.32. The van der Waals surface area contributed by atoms with Gasteiger partial charge in [0, 0.05) is 24.9 Å². The molecule has 9 nitrogen and oxygen atoms in total. The Kier molecular flexibility index (Phi) is 5.33. The van der Waals surface area contributed by atoms with Crippen LogP contribution < -0.4 is 10.6 Å². The van der Waals surface area contributed by atoms with Gasteiger partial charge in [-0.25, -0.2) is 14.6 Å². The van der Waals surface area contributed by atoms with Gasteiger partial charge in [-0.1, -0.05) is 0 Å². The van der Waals surface area contributed by atoms with Crippen LogP contribution >= 0.6 is 0 Å². The summed E-state index contributed by atoms with van der Waals surface area (Å²) in [5, 5.41) is 21.7. The number of aromatic nitrogens is 2. The summed E-state index contributed by atoms with van der Waals surface area (Å²) in [7, 11) is 0. The molecule has 0 aliphatic heterocycles. The van der Waals surface area contributed by atoms with Gasteiger partial charge in [0.1, 0.15) is 6.04 Å². The van der Waals surface area contributed by atoms with Gasteiger partial charge >= 0.3 is 18.0 Å². The monoisotopic (exact) mass is 270 g/mol. The first-order chi connectivity index (χ1) is 8.99. The van der Waals surface area contributed by atoms with Gasteiger partial charge in [-0.3, -0.25) is 4.79 Å². The lowest BCUT2D eigenvalue weighted by molar-refractivity contribution is -0.145. The second-order valence-electron chi connectivity index (χ2n) is 3.72. The molecule has 1 aromatic rings. The van der Waals surface area contributed by atoms with Crippen LogP contribution in [0, 0.1) is 0 Å². The number of nitrogens with zero attached hydrogens (tertiary/aromatic N) is 1. The molecular weight excluding hydrogens is 256 g/mol. The summed E-state index contributed by atoms with van der Waals surface area (Å²) >= 11 is 0. The van der Waals surface area contributed by atoms with Crippen LogP contribution in [0.3, 0.4) is 0 Å². The Morgan fingerprint density at radius 2 is 2.11 bits per heavy atom. The molecule has 0 aromatic carbocycles. The first-order valence-electron chi connectivity index (χ1n) is 5.45. The molecular formula is C10H14N4O5. The maximum absolute atomic E-state index is 11.4. The number of carbonyl (C=O) groups excluding carboxylic acids is 1. The summed E-state index contributed by atoms with van der Waals surface area (Å²) in [6, 6.07) is -2.18. The number of aromatic amines is 1. The molecule has 9 heteroatoms. The summed E-state index contributed by atoms with van der Waals surface area (Å²) in [4.78, 5) is 39.1. The zero-order chi connectivity index (χ0) is 14.3. The highest BCUT2D eigenvalue weighted by molar-refractivity contribution is 5.86. The Labute approximate surface area is 108 Å². The van der Waals surface area contributed by atoms with Crippen molar-refractivity contribution >= 4 is 18.0 Å². The van der Waals surface area contributed by atoms with Crippen LogP contribution in [0.5, 0.6) is 0 Å². The van der Waals surface area contributed by atoms with E-state index < -0.39 is 30.4 Å². The number of H-pyrrole nitrogens is 1. The largest absolute Gasteiger partial charge is 0.481 e. The number of carboxylic acid groups (broad SMARTS) is 2. The lowest BCUT2D eigenvalue weighted by Gasteiger charge is -2.12. The molecule has 0 saturated carbocycles. The second kappa shape index (κ2) is 6.99. The number of amides is 2. The highest BCUT2D eigenvalue weighted by Gasteiger charge is 2.22. The van der Waals surface area contributed by atoms with Gasteiger partial charge in [-0.05, 0) is 0 Å². The van der Waals surface area contributed by atoms with Gasteiger partial charge in [0.2, 0.25) is 0 Å². The van der Waals surface area contributed by atoms with E-state index in [0.29, 0.717) is 6.42 Å². The average Bonchev–Trinajstić information content (AvgIpc) is 2.80. The summed E-state index contributed by atoms with van der Waals surface area (Å²) in [5.74, 6) is -2.70. The molecule has 2 amide bonds. The normalized spacial score (nSPS) is 11.6. The number of urea groups is 1. The van der Waals surface area contributed by atoms with Crippen LogP contribution in [0.1, 0.15) is 12.1 Å². The zero-order valence-corrected chi connectivity index (χ0v) is 9.92. The maximum Gasteiger partial charge on any atom is 0.326 e. The van der Waals surface area contributed by atoms with Gasteiger partial charge in [0.25, 0.3) is 0 Å². The Morgan fingerprint density at radius 1 is 1.37 bits per heavy atom. The van der Waals surface area contributed by atoms with Crippen molar-refractivity contribution in [3.63, 3.8) is 0 Å². The minimum Gasteiger partial charge on any atom is -0.481 e. The van der Waals surface area contributed by atoms with E-state index in [1.54, 1.807) is 6.20 Å². The Hall–Kier alpha value is -2.58. The first-order valence-corrected chi connectivity index (χ1v) is 5.45. The number of hydrogen-bond donors (Lipinski definition) is 5. The average molecular weight is 270 g/mol. The second-order valence-corrected chi connectivity index (χ2v) is 3.72. The number of carboxylic acids is 2. The number of nitrogens with one attached hydrogen (secondary N) is 3. The van der Waals surface area contributed by atoms with Crippen molar-refractivity contribution in [3.8, 4) is 0 Å². The summed E-state index contributed by atoms with van der Waals surface area (Å²) in [6.07, 6.45) is 2.93. The Balaban J connectivity index is 2.32. The van der Waals surface area contributed by atoms with E-state index in [2.05, 4.69) is 20.6 Å². The van der Waals surface area contributed by atoms with Crippen LogP contribution in [0.25, 0.3) is 0 Å². The maximum atomic E-state index is 11.4. The van der Waals surface area contributed by atoms with Gasteiger partial charge in [0.15, 0.2) is 0 Å². The molecule has 0 fully saturated rings. The van der Waals surface area contributed by atoms with E-state index in [1.807, 2.05) is 0 Å². The fraction of sp³-hybridized carbons (Fsp3) is 0.400. The fourth-order valence-corrected chi connectivity index (χ4v) is 1.32. The third kappa shape index (κ3) is 5.52. The van der Waals surface area contributed by atoms with Crippen LogP contribution in [-0.2, 0) is 16.0 Å². The molecule has 1 rings (SSSR count).